The number of nitrogens with zero attached hydrogens (tertiary/aromatic N) is 3. The third kappa shape index (κ3) is 3.47. The molecule has 0 unspecified atom stereocenters. The zero-order valence-electron chi connectivity index (χ0n) is 15.4. The molecule has 1 aliphatic heterocycles. The molecule has 0 saturated carbocycles. The maximum absolute atomic E-state index is 12.9. The van der Waals surface area contributed by atoms with Gasteiger partial charge in [0.2, 0.25) is 0 Å². The van der Waals surface area contributed by atoms with Crippen LogP contribution in [-0.4, -0.2) is 41.6 Å². The topological polar surface area (TPSA) is 62.7 Å². The van der Waals surface area contributed by atoms with Crippen molar-refractivity contribution in [2.45, 2.75) is 20.4 Å². The van der Waals surface area contributed by atoms with Gasteiger partial charge in [-0.3, -0.25) is 4.90 Å². The van der Waals surface area contributed by atoms with E-state index in [-0.39, 0.29) is 6.03 Å². The second-order valence-electron chi connectivity index (χ2n) is 6.39. The number of hydrogen-bond donors (Lipinski definition) is 0. The Kier molecular flexibility index (Phi) is 5.27. The molecule has 0 aliphatic carbocycles. The van der Waals surface area contributed by atoms with Crippen molar-refractivity contribution in [1.82, 2.24) is 9.88 Å². The minimum absolute atomic E-state index is 0.106. The van der Waals surface area contributed by atoms with Crippen LogP contribution in [0.5, 0.6) is 0 Å². The molecule has 9 heteroatoms. The Hall–Kier alpha value is -2.16. The van der Waals surface area contributed by atoms with E-state index in [0.29, 0.717) is 47.0 Å². The van der Waals surface area contributed by atoms with Gasteiger partial charge in [0.1, 0.15) is 4.88 Å². The van der Waals surface area contributed by atoms with Gasteiger partial charge in [-0.15, -0.1) is 11.3 Å². The molecule has 1 fully saturated rings. The van der Waals surface area contributed by atoms with Gasteiger partial charge in [0.05, 0.1) is 12.3 Å². The number of benzene rings is 1. The van der Waals surface area contributed by atoms with E-state index >= 15 is 0 Å². The molecule has 1 aliphatic rings. The molecule has 3 aromatic rings. The number of aryl methyl sites for hydroxylation is 1. The van der Waals surface area contributed by atoms with Crippen molar-refractivity contribution < 1.29 is 14.3 Å². The number of aromatic nitrogens is 1. The minimum Gasteiger partial charge on any atom is -0.462 e. The van der Waals surface area contributed by atoms with E-state index < -0.39 is 5.97 Å². The first-order valence-corrected chi connectivity index (χ1v) is 10.9. The predicted molar refractivity (Wildman–Crippen MR) is 113 cm³/mol. The normalized spacial score (nSPS) is 14.3. The Labute approximate surface area is 175 Å². The summed E-state index contributed by atoms with van der Waals surface area (Å²) in [5.74, 6) is -0.395. The van der Waals surface area contributed by atoms with Crippen molar-refractivity contribution in [2.75, 3.05) is 24.6 Å². The molecule has 0 N–H and O–H groups in total. The van der Waals surface area contributed by atoms with Crippen LogP contribution in [0.1, 0.15) is 27.9 Å². The highest BCUT2D eigenvalue weighted by Crippen LogP contribution is 2.32. The van der Waals surface area contributed by atoms with Crippen LogP contribution in [0.4, 0.5) is 9.93 Å². The Morgan fingerprint density at radius 2 is 2.18 bits per heavy atom. The molecule has 4 rings (SSSR count). The number of urea groups is 1. The Morgan fingerprint density at radius 1 is 1.36 bits per heavy atom. The van der Waals surface area contributed by atoms with Crippen LogP contribution in [0.25, 0.3) is 10.1 Å². The van der Waals surface area contributed by atoms with Gasteiger partial charge in [0.25, 0.3) is 0 Å². The zero-order chi connectivity index (χ0) is 19.8. The predicted octanol–water partition coefficient (Wildman–Crippen LogP) is 4.94. The number of carbonyl (C=O) groups is 2. The van der Waals surface area contributed by atoms with Crippen LogP contribution in [-0.2, 0) is 11.3 Å². The molecule has 6 nitrogen and oxygen atoms in total. The number of anilines is 1. The van der Waals surface area contributed by atoms with Crippen LogP contribution < -0.4 is 4.90 Å². The molecule has 0 atom stereocenters. The van der Waals surface area contributed by atoms with Crippen molar-refractivity contribution in [3.05, 3.63) is 44.7 Å². The van der Waals surface area contributed by atoms with Crippen molar-refractivity contribution in [3.8, 4) is 0 Å². The van der Waals surface area contributed by atoms with E-state index in [1.54, 1.807) is 35.0 Å². The number of rotatable bonds is 5. The molecule has 146 valence electrons. The van der Waals surface area contributed by atoms with Gasteiger partial charge in [-0.25, -0.2) is 14.6 Å². The smallest absolute Gasteiger partial charge is 0.350 e. The summed E-state index contributed by atoms with van der Waals surface area (Å²) >= 11 is 8.98. The fourth-order valence-corrected chi connectivity index (χ4v) is 5.26. The number of carbonyl (C=O) groups excluding carboxylic acids is 2. The maximum atomic E-state index is 12.9. The lowest BCUT2D eigenvalue weighted by atomic mass is 10.2. The minimum atomic E-state index is -0.395. The first-order valence-electron chi connectivity index (χ1n) is 8.84. The first kappa shape index (κ1) is 19.2. The number of ether oxygens (including phenoxy) is 1. The van der Waals surface area contributed by atoms with Crippen molar-refractivity contribution >= 4 is 61.5 Å². The summed E-state index contributed by atoms with van der Waals surface area (Å²) in [4.78, 5) is 33.2. The van der Waals surface area contributed by atoms with Crippen molar-refractivity contribution in [1.29, 1.82) is 0 Å². The fraction of sp³-hybridized carbons (Fsp3) is 0.316. The van der Waals surface area contributed by atoms with Crippen LogP contribution >= 0.6 is 34.3 Å². The van der Waals surface area contributed by atoms with E-state index in [4.69, 9.17) is 16.3 Å². The standard InChI is InChI=1S/C19H18ClN3O3S2/c1-3-26-17(24)16-11(2)21-18(28-16)23-7-6-22(19(23)25)9-12-10-27-15-5-4-13(20)8-14(12)15/h4-5,8,10H,3,6-7,9H2,1-2H3. The number of amides is 2. The molecule has 3 heterocycles. The second kappa shape index (κ2) is 7.69. The molecule has 1 aromatic carbocycles. The van der Waals surface area contributed by atoms with E-state index in [9.17, 15) is 9.59 Å². The third-order valence-electron chi connectivity index (χ3n) is 4.55. The highest BCUT2D eigenvalue weighted by Gasteiger charge is 2.33. The van der Waals surface area contributed by atoms with Gasteiger partial charge < -0.3 is 9.64 Å². The lowest BCUT2D eigenvalue weighted by Gasteiger charge is -2.16. The largest absolute Gasteiger partial charge is 0.462 e. The number of esters is 1. The summed E-state index contributed by atoms with van der Waals surface area (Å²) in [6, 6.07) is 5.71. The van der Waals surface area contributed by atoms with Crippen LogP contribution in [0, 0.1) is 6.92 Å². The first-order chi connectivity index (χ1) is 13.5. The molecule has 0 bridgehead atoms. The van der Waals surface area contributed by atoms with Gasteiger partial charge in [-0.1, -0.05) is 22.9 Å². The number of thiazole rings is 1. The molecular weight excluding hydrogens is 418 g/mol. The molecule has 0 spiro atoms. The summed E-state index contributed by atoms with van der Waals surface area (Å²) in [5, 5.41) is 4.37. The van der Waals surface area contributed by atoms with Gasteiger partial charge >= 0.3 is 12.0 Å². The SMILES string of the molecule is CCOC(=O)c1sc(N2CCN(Cc3csc4ccc(Cl)cc34)C2=O)nc1C. The highest BCUT2D eigenvalue weighted by atomic mass is 35.5. The molecular formula is C19H18ClN3O3S2. The second-order valence-corrected chi connectivity index (χ2v) is 8.71. The van der Waals surface area contributed by atoms with E-state index in [2.05, 4.69) is 10.4 Å². The van der Waals surface area contributed by atoms with E-state index in [1.807, 2.05) is 18.2 Å². The average molecular weight is 436 g/mol. The highest BCUT2D eigenvalue weighted by molar-refractivity contribution is 7.18. The summed E-state index contributed by atoms with van der Waals surface area (Å²) in [5.41, 5.74) is 1.67. The maximum Gasteiger partial charge on any atom is 0.350 e. The average Bonchev–Trinajstić information content (AvgIpc) is 3.34. The molecule has 2 aromatic heterocycles. The number of fused-ring (bicyclic) bond motifs is 1. The Bertz CT molecular complexity index is 1060. The summed E-state index contributed by atoms with van der Waals surface area (Å²) in [6.45, 7) is 5.48. The van der Waals surface area contributed by atoms with Crippen LogP contribution in [0.15, 0.2) is 23.6 Å². The van der Waals surface area contributed by atoms with E-state index in [1.165, 1.54) is 11.3 Å². The van der Waals surface area contributed by atoms with Gasteiger partial charge in [-0.2, -0.15) is 0 Å². The van der Waals surface area contributed by atoms with E-state index in [0.717, 1.165) is 15.6 Å². The molecule has 2 amide bonds. The summed E-state index contributed by atoms with van der Waals surface area (Å²) in [6.07, 6.45) is 0. The quantitative estimate of drug-likeness (QED) is 0.532. The Balaban J connectivity index is 1.53. The zero-order valence-corrected chi connectivity index (χ0v) is 17.8. The van der Waals surface area contributed by atoms with Gasteiger partial charge in [0.15, 0.2) is 5.13 Å². The third-order valence-corrected chi connectivity index (χ3v) is 6.96. The lowest BCUT2D eigenvalue weighted by Crippen LogP contribution is -2.31. The van der Waals surface area contributed by atoms with Crippen LogP contribution in [0.3, 0.4) is 0 Å². The van der Waals surface area contributed by atoms with Gasteiger partial charge in [-0.05, 0) is 48.4 Å². The number of halogens is 1. The molecule has 28 heavy (non-hydrogen) atoms. The number of hydrogen-bond acceptors (Lipinski definition) is 6. The fourth-order valence-electron chi connectivity index (χ4n) is 3.17. The lowest BCUT2D eigenvalue weighted by molar-refractivity contribution is 0.0531. The molecule has 0 radical (unpaired) electrons. The Morgan fingerprint density at radius 3 is 2.96 bits per heavy atom. The van der Waals surface area contributed by atoms with Crippen LogP contribution in [0.2, 0.25) is 5.02 Å². The summed E-state index contributed by atoms with van der Waals surface area (Å²) < 4.78 is 6.21. The van der Waals surface area contributed by atoms with Crippen molar-refractivity contribution in [3.63, 3.8) is 0 Å². The monoisotopic (exact) mass is 435 g/mol. The molecule has 1 saturated heterocycles. The van der Waals surface area contributed by atoms with Crippen molar-refractivity contribution in [2.24, 2.45) is 0 Å². The number of thiophene rings is 1. The summed E-state index contributed by atoms with van der Waals surface area (Å²) in [7, 11) is 0. The van der Waals surface area contributed by atoms with Gasteiger partial charge in [0, 0.05) is 29.4 Å².